The molecule has 3 heterocycles. The van der Waals surface area contributed by atoms with Crippen LogP contribution < -0.4 is 5.32 Å². The summed E-state index contributed by atoms with van der Waals surface area (Å²) in [6.45, 7) is 2.81. The fourth-order valence-electron chi connectivity index (χ4n) is 3.92. The van der Waals surface area contributed by atoms with E-state index in [1.165, 1.54) is 23.5 Å². The lowest BCUT2D eigenvalue weighted by molar-refractivity contribution is 0.0451. The molecule has 2 aromatic carbocycles. The zero-order valence-electron chi connectivity index (χ0n) is 17.3. The maximum Gasteiger partial charge on any atom is 0.274 e. The number of carbonyl (C=O) groups is 2. The largest absolute Gasteiger partial charge is 0.464 e. The smallest absolute Gasteiger partial charge is 0.274 e. The fourth-order valence-corrected chi connectivity index (χ4v) is 4.84. The van der Waals surface area contributed by atoms with E-state index in [4.69, 9.17) is 4.42 Å². The molecular formula is C24H20FN3O3S. The van der Waals surface area contributed by atoms with Gasteiger partial charge in [0.05, 0.1) is 27.8 Å². The second kappa shape index (κ2) is 8.20. The number of aryl methyl sites for hydroxylation is 1. The van der Waals surface area contributed by atoms with E-state index in [9.17, 15) is 14.0 Å². The molecule has 8 heteroatoms. The van der Waals surface area contributed by atoms with E-state index in [-0.39, 0.29) is 23.7 Å². The summed E-state index contributed by atoms with van der Waals surface area (Å²) in [7, 11) is 0. The summed E-state index contributed by atoms with van der Waals surface area (Å²) < 4.78 is 18.7. The van der Waals surface area contributed by atoms with Gasteiger partial charge in [-0.15, -0.1) is 11.3 Å². The van der Waals surface area contributed by atoms with Gasteiger partial charge in [-0.25, -0.2) is 9.37 Å². The number of nitrogens with one attached hydrogen (secondary N) is 1. The Morgan fingerprint density at radius 2 is 2.03 bits per heavy atom. The maximum atomic E-state index is 13.3. The normalized spacial score (nSPS) is 15.6. The van der Waals surface area contributed by atoms with Crippen LogP contribution in [0, 0.1) is 12.7 Å². The van der Waals surface area contributed by atoms with Crippen molar-refractivity contribution >= 4 is 34.1 Å². The number of likely N-dealkylation sites (tertiary alicyclic amines) is 1. The average molecular weight is 450 g/mol. The topological polar surface area (TPSA) is 75.4 Å². The van der Waals surface area contributed by atoms with Crippen molar-refractivity contribution in [2.45, 2.75) is 19.4 Å². The Hall–Kier alpha value is -3.52. The Morgan fingerprint density at radius 3 is 2.78 bits per heavy atom. The van der Waals surface area contributed by atoms with Gasteiger partial charge < -0.3 is 14.6 Å². The number of furan rings is 1. The highest BCUT2D eigenvalue weighted by atomic mass is 32.1. The summed E-state index contributed by atoms with van der Waals surface area (Å²) in [6.07, 6.45) is 2.36. The van der Waals surface area contributed by atoms with Crippen molar-refractivity contribution in [2.75, 3.05) is 13.1 Å². The van der Waals surface area contributed by atoms with Crippen molar-refractivity contribution in [2.24, 2.45) is 0 Å². The number of rotatable bonds is 5. The first-order chi connectivity index (χ1) is 15.5. The predicted octanol–water partition coefficient (Wildman–Crippen LogP) is 4.65. The van der Waals surface area contributed by atoms with E-state index in [2.05, 4.69) is 10.3 Å². The van der Waals surface area contributed by atoms with Crippen molar-refractivity contribution in [3.8, 4) is 10.4 Å². The SMILES string of the molecule is Cc1nc(C(=O)N2CC[C@H]2CNC(=O)c2cccc3occc23)c(-c2ccc(F)cc2)s1. The van der Waals surface area contributed by atoms with Gasteiger partial charge in [0.15, 0.2) is 0 Å². The molecule has 0 radical (unpaired) electrons. The third-order valence-electron chi connectivity index (χ3n) is 5.69. The quantitative estimate of drug-likeness (QED) is 0.481. The Morgan fingerprint density at radius 1 is 1.22 bits per heavy atom. The number of halogens is 1. The van der Waals surface area contributed by atoms with Crippen LogP contribution in [0.5, 0.6) is 0 Å². The third kappa shape index (κ3) is 3.67. The fraction of sp³-hybridized carbons (Fsp3) is 0.208. The number of carbonyl (C=O) groups excluding carboxylic acids is 2. The molecule has 6 nitrogen and oxygen atoms in total. The second-order valence-corrected chi connectivity index (χ2v) is 8.91. The van der Waals surface area contributed by atoms with Crippen molar-refractivity contribution in [3.05, 3.63) is 76.9 Å². The molecule has 0 unspecified atom stereocenters. The lowest BCUT2D eigenvalue weighted by atomic mass is 10.0. The highest BCUT2D eigenvalue weighted by Gasteiger charge is 2.35. The molecule has 4 aromatic rings. The van der Waals surface area contributed by atoms with Gasteiger partial charge in [0.1, 0.15) is 17.1 Å². The molecule has 32 heavy (non-hydrogen) atoms. The lowest BCUT2D eigenvalue weighted by Gasteiger charge is -2.40. The number of benzene rings is 2. The van der Waals surface area contributed by atoms with Gasteiger partial charge in [0.25, 0.3) is 11.8 Å². The van der Waals surface area contributed by atoms with Crippen LogP contribution in [0.2, 0.25) is 0 Å². The van der Waals surface area contributed by atoms with E-state index in [0.717, 1.165) is 27.3 Å². The molecule has 0 saturated carbocycles. The van der Waals surface area contributed by atoms with Gasteiger partial charge in [-0.1, -0.05) is 18.2 Å². The zero-order chi connectivity index (χ0) is 22.2. The zero-order valence-corrected chi connectivity index (χ0v) is 18.1. The molecule has 0 aliphatic carbocycles. The second-order valence-electron chi connectivity index (χ2n) is 7.71. The van der Waals surface area contributed by atoms with Gasteiger partial charge in [-0.3, -0.25) is 9.59 Å². The van der Waals surface area contributed by atoms with Crippen LogP contribution in [0.1, 0.15) is 32.3 Å². The molecule has 5 rings (SSSR count). The average Bonchev–Trinajstić information content (AvgIpc) is 3.40. The Labute approximate surface area is 187 Å². The first kappa shape index (κ1) is 20.4. The van der Waals surface area contributed by atoms with E-state index < -0.39 is 0 Å². The molecular weight excluding hydrogens is 429 g/mol. The summed E-state index contributed by atoms with van der Waals surface area (Å²) >= 11 is 1.41. The molecule has 2 aromatic heterocycles. The minimum Gasteiger partial charge on any atom is -0.464 e. The molecule has 162 valence electrons. The van der Waals surface area contributed by atoms with Crippen molar-refractivity contribution in [1.82, 2.24) is 15.2 Å². The maximum absolute atomic E-state index is 13.3. The number of nitrogens with zero attached hydrogens (tertiary/aromatic N) is 2. The summed E-state index contributed by atoms with van der Waals surface area (Å²) in [6, 6.07) is 13.1. The number of fused-ring (bicyclic) bond motifs is 1. The minimum atomic E-state index is -0.326. The molecule has 0 bridgehead atoms. The summed E-state index contributed by atoms with van der Waals surface area (Å²) in [5.74, 6) is -0.698. The highest BCUT2D eigenvalue weighted by molar-refractivity contribution is 7.15. The molecule has 1 aliphatic heterocycles. The number of amides is 2. The molecule has 2 amide bonds. The first-order valence-electron chi connectivity index (χ1n) is 10.3. The Kier molecular flexibility index (Phi) is 5.22. The molecule has 1 atom stereocenters. The van der Waals surface area contributed by atoms with Gasteiger partial charge in [-0.2, -0.15) is 0 Å². The van der Waals surface area contributed by atoms with E-state index in [0.29, 0.717) is 29.9 Å². The Balaban J connectivity index is 1.30. The highest BCUT2D eigenvalue weighted by Crippen LogP contribution is 2.33. The van der Waals surface area contributed by atoms with Gasteiger partial charge in [0.2, 0.25) is 0 Å². The van der Waals surface area contributed by atoms with E-state index in [1.807, 2.05) is 13.0 Å². The van der Waals surface area contributed by atoms with Crippen LogP contribution in [0.3, 0.4) is 0 Å². The van der Waals surface area contributed by atoms with Crippen LogP contribution in [0.4, 0.5) is 4.39 Å². The van der Waals surface area contributed by atoms with Gasteiger partial charge in [-0.05, 0) is 49.2 Å². The van der Waals surface area contributed by atoms with Crippen LogP contribution in [0.25, 0.3) is 21.4 Å². The summed E-state index contributed by atoms with van der Waals surface area (Å²) in [4.78, 5) is 32.9. The lowest BCUT2D eigenvalue weighted by Crippen LogP contribution is -2.56. The van der Waals surface area contributed by atoms with Crippen LogP contribution in [-0.2, 0) is 0 Å². The predicted molar refractivity (Wildman–Crippen MR) is 120 cm³/mol. The molecule has 1 fully saturated rings. The Bertz CT molecular complexity index is 1310. The van der Waals surface area contributed by atoms with Gasteiger partial charge >= 0.3 is 0 Å². The molecule has 1 N–H and O–H groups in total. The van der Waals surface area contributed by atoms with Crippen LogP contribution in [-0.4, -0.2) is 40.8 Å². The summed E-state index contributed by atoms with van der Waals surface area (Å²) in [5, 5.41) is 4.47. The monoisotopic (exact) mass is 449 g/mol. The van der Waals surface area contributed by atoms with E-state index in [1.54, 1.807) is 41.5 Å². The van der Waals surface area contributed by atoms with Crippen LogP contribution in [0.15, 0.2) is 59.2 Å². The van der Waals surface area contributed by atoms with Crippen molar-refractivity contribution in [3.63, 3.8) is 0 Å². The van der Waals surface area contributed by atoms with E-state index >= 15 is 0 Å². The van der Waals surface area contributed by atoms with Crippen LogP contribution >= 0.6 is 11.3 Å². The first-order valence-corrected chi connectivity index (χ1v) is 11.1. The molecule has 1 aliphatic rings. The molecule has 1 saturated heterocycles. The number of thiazole rings is 1. The standard InChI is InChI=1S/C24H20FN3O3S/c1-14-27-21(22(32-14)15-5-7-16(25)8-6-15)24(30)28-11-9-17(28)13-26-23(29)19-3-2-4-20-18(19)10-12-31-20/h2-8,10,12,17H,9,11,13H2,1H3,(H,26,29)/t17-/m0/s1. The van der Waals surface area contributed by atoms with Gasteiger partial charge in [0, 0.05) is 18.5 Å². The number of hydrogen-bond acceptors (Lipinski definition) is 5. The number of hydrogen-bond donors (Lipinski definition) is 1. The summed E-state index contributed by atoms with van der Waals surface area (Å²) in [5.41, 5.74) is 2.34. The molecule has 0 spiro atoms. The number of aromatic nitrogens is 1. The van der Waals surface area contributed by atoms with Crippen molar-refractivity contribution in [1.29, 1.82) is 0 Å². The van der Waals surface area contributed by atoms with Crippen molar-refractivity contribution < 1.29 is 18.4 Å². The minimum absolute atomic E-state index is 0.0990. The third-order valence-corrected chi connectivity index (χ3v) is 6.71.